The Labute approximate surface area is 249 Å². The van der Waals surface area contributed by atoms with Crippen molar-refractivity contribution in [2.45, 2.75) is 104 Å². The second-order valence-electron chi connectivity index (χ2n) is 13.5. The molecule has 41 heavy (non-hydrogen) atoms. The fraction of sp³-hybridized carbons (Fsp3) is 0.794. The Kier molecular flexibility index (Phi) is 13.3. The lowest BCUT2D eigenvalue weighted by Crippen LogP contribution is -2.42. The number of nitrogens with one attached hydrogen (secondary N) is 1. The molecule has 234 valence electrons. The highest BCUT2D eigenvalue weighted by Crippen LogP contribution is 2.51. The van der Waals surface area contributed by atoms with Gasteiger partial charge in [-0.25, -0.2) is 0 Å². The summed E-state index contributed by atoms with van der Waals surface area (Å²) in [4.78, 5) is 13.2. The first-order valence-corrected chi connectivity index (χ1v) is 16.1. The number of nitrogens with two attached hydrogens (primary N) is 1. The van der Waals surface area contributed by atoms with Crippen LogP contribution in [0.2, 0.25) is 0 Å². The van der Waals surface area contributed by atoms with Crippen molar-refractivity contribution < 1.29 is 24.1 Å². The molecular weight excluding hydrogens is 516 g/mol. The lowest BCUT2D eigenvalue weighted by molar-refractivity contribution is -0.127. The van der Waals surface area contributed by atoms with E-state index in [0.717, 1.165) is 37.3 Å². The lowest BCUT2D eigenvalue weighted by atomic mass is 9.81. The summed E-state index contributed by atoms with van der Waals surface area (Å²) < 4.78 is 16.6. The summed E-state index contributed by atoms with van der Waals surface area (Å²) in [5.74, 6) is 3.16. The Hall–Kier alpha value is -1.83. The van der Waals surface area contributed by atoms with Crippen LogP contribution in [0, 0.1) is 35.5 Å². The number of amides is 1. The normalized spacial score (nSPS) is 23.3. The molecule has 2 saturated carbocycles. The molecule has 0 bridgehead atoms. The Morgan fingerprint density at radius 1 is 1.07 bits per heavy atom. The number of methoxy groups -OCH3 is 2. The second-order valence-corrected chi connectivity index (χ2v) is 13.5. The van der Waals surface area contributed by atoms with Gasteiger partial charge in [-0.05, 0) is 85.8 Å². The Bertz CT molecular complexity index is 932. The molecule has 1 aromatic carbocycles. The molecule has 2 fully saturated rings. The molecule has 1 amide bonds. The van der Waals surface area contributed by atoms with Crippen molar-refractivity contribution in [3.05, 3.63) is 23.8 Å². The summed E-state index contributed by atoms with van der Waals surface area (Å²) in [6.45, 7) is 10.7. The number of carbonyl (C=O) groups excluding carboxylic acids is 1. The first-order valence-electron chi connectivity index (χ1n) is 16.1. The average Bonchev–Trinajstić information content (AvgIpc) is 3.63. The van der Waals surface area contributed by atoms with Gasteiger partial charge in [0, 0.05) is 38.6 Å². The lowest BCUT2D eigenvalue weighted by Gasteiger charge is -2.29. The van der Waals surface area contributed by atoms with Crippen molar-refractivity contribution in [2.75, 3.05) is 34.0 Å². The van der Waals surface area contributed by atoms with Gasteiger partial charge in [0.1, 0.15) is 0 Å². The number of aliphatic hydroxyl groups is 1. The Morgan fingerprint density at radius 2 is 1.80 bits per heavy atom. The van der Waals surface area contributed by atoms with Crippen molar-refractivity contribution in [2.24, 2.45) is 41.2 Å². The van der Waals surface area contributed by atoms with E-state index in [2.05, 4.69) is 45.1 Å². The molecule has 7 nitrogen and oxygen atoms in total. The van der Waals surface area contributed by atoms with Gasteiger partial charge in [-0.1, -0.05) is 53.0 Å². The monoisotopic (exact) mass is 574 g/mol. The van der Waals surface area contributed by atoms with Crippen molar-refractivity contribution >= 4 is 5.91 Å². The topological polar surface area (TPSA) is 103 Å². The molecule has 0 heterocycles. The van der Waals surface area contributed by atoms with Crippen molar-refractivity contribution in [3.8, 4) is 11.5 Å². The quantitative estimate of drug-likeness (QED) is 0.193. The van der Waals surface area contributed by atoms with E-state index in [0.29, 0.717) is 43.8 Å². The SMILES string of the molecule is COCCCOc1cc(C[C@@H](C[C@H](N)[C@@]2(O)CC2C[C@H](C(=O)NCC2CCCCC2)C(C)C)C(C)C)ccc1OC. The zero-order valence-electron chi connectivity index (χ0n) is 26.6. The minimum absolute atomic E-state index is 0.0752. The van der Waals surface area contributed by atoms with Crippen LogP contribution < -0.4 is 20.5 Å². The van der Waals surface area contributed by atoms with E-state index in [4.69, 9.17) is 19.9 Å². The van der Waals surface area contributed by atoms with Gasteiger partial charge in [0.25, 0.3) is 0 Å². The predicted octanol–water partition coefficient (Wildman–Crippen LogP) is 5.75. The van der Waals surface area contributed by atoms with E-state index in [-0.39, 0.29) is 29.7 Å². The second kappa shape index (κ2) is 16.1. The van der Waals surface area contributed by atoms with E-state index < -0.39 is 5.60 Å². The number of carbonyl (C=O) groups is 1. The summed E-state index contributed by atoms with van der Waals surface area (Å²) in [6, 6.07) is 5.81. The van der Waals surface area contributed by atoms with Gasteiger partial charge in [-0.15, -0.1) is 0 Å². The van der Waals surface area contributed by atoms with E-state index in [1.807, 2.05) is 6.07 Å². The molecule has 3 rings (SSSR count). The Morgan fingerprint density at radius 3 is 2.44 bits per heavy atom. The third-order valence-electron chi connectivity index (χ3n) is 9.71. The summed E-state index contributed by atoms with van der Waals surface area (Å²) in [7, 11) is 3.35. The van der Waals surface area contributed by atoms with Gasteiger partial charge in [-0.3, -0.25) is 4.79 Å². The van der Waals surface area contributed by atoms with Crippen LogP contribution in [-0.4, -0.2) is 56.6 Å². The van der Waals surface area contributed by atoms with Crippen LogP contribution in [0.25, 0.3) is 0 Å². The summed E-state index contributed by atoms with van der Waals surface area (Å²) in [5, 5.41) is 14.8. The van der Waals surface area contributed by atoms with Gasteiger partial charge in [0.05, 0.1) is 19.3 Å². The number of hydrogen-bond acceptors (Lipinski definition) is 6. The van der Waals surface area contributed by atoms with Crippen molar-refractivity contribution in [1.29, 1.82) is 0 Å². The standard InChI is InChI=1S/C34H58N2O5/c1-23(2)27(17-26-13-14-30(40-6)31(18-26)41-16-10-15-39-5)19-32(35)34(38)21-28(34)20-29(24(3)4)33(37)36-22-25-11-8-7-9-12-25/h13-14,18,23-25,27-29,32,38H,7-12,15-17,19-22,35H2,1-6H3,(H,36,37)/t27-,28?,29-,32-,34+/m0/s1. The van der Waals surface area contributed by atoms with Crippen LogP contribution in [-0.2, 0) is 16.0 Å². The van der Waals surface area contributed by atoms with Crippen LogP contribution in [0.3, 0.4) is 0 Å². The number of hydrogen-bond donors (Lipinski definition) is 3. The van der Waals surface area contributed by atoms with Crippen LogP contribution >= 0.6 is 0 Å². The highest BCUT2D eigenvalue weighted by atomic mass is 16.5. The molecule has 2 aliphatic rings. The van der Waals surface area contributed by atoms with E-state index in [9.17, 15) is 9.90 Å². The third-order valence-corrected chi connectivity index (χ3v) is 9.71. The van der Waals surface area contributed by atoms with Crippen LogP contribution in [0.5, 0.6) is 11.5 Å². The maximum atomic E-state index is 13.2. The van der Waals surface area contributed by atoms with Gasteiger partial charge in [0.15, 0.2) is 11.5 Å². The molecule has 2 aliphatic carbocycles. The first-order chi connectivity index (χ1) is 19.6. The minimum atomic E-state index is -0.889. The summed E-state index contributed by atoms with van der Waals surface area (Å²) in [5.41, 5.74) is 7.03. The highest BCUT2D eigenvalue weighted by Gasteiger charge is 2.57. The highest BCUT2D eigenvalue weighted by molar-refractivity contribution is 5.79. The predicted molar refractivity (Wildman–Crippen MR) is 165 cm³/mol. The fourth-order valence-electron chi connectivity index (χ4n) is 6.60. The average molecular weight is 575 g/mol. The molecule has 1 aromatic rings. The molecular formula is C34H58N2O5. The Balaban J connectivity index is 1.56. The fourth-order valence-corrected chi connectivity index (χ4v) is 6.60. The molecule has 0 radical (unpaired) electrons. The van der Waals surface area contributed by atoms with Crippen molar-refractivity contribution in [1.82, 2.24) is 5.32 Å². The van der Waals surface area contributed by atoms with E-state index >= 15 is 0 Å². The van der Waals surface area contributed by atoms with Gasteiger partial charge < -0.3 is 30.4 Å². The molecule has 4 N–H and O–H groups in total. The van der Waals surface area contributed by atoms with E-state index in [1.165, 1.54) is 37.7 Å². The maximum absolute atomic E-state index is 13.2. The largest absolute Gasteiger partial charge is 0.493 e. The molecule has 0 aliphatic heterocycles. The summed E-state index contributed by atoms with van der Waals surface area (Å²) in [6.07, 6.45) is 10.1. The zero-order chi connectivity index (χ0) is 30.0. The molecule has 0 aromatic heterocycles. The summed E-state index contributed by atoms with van der Waals surface area (Å²) >= 11 is 0. The zero-order valence-corrected chi connectivity index (χ0v) is 26.6. The van der Waals surface area contributed by atoms with Crippen LogP contribution in [0.1, 0.15) is 91.0 Å². The maximum Gasteiger partial charge on any atom is 0.223 e. The smallest absolute Gasteiger partial charge is 0.223 e. The molecule has 1 unspecified atom stereocenters. The third kappa shape index (κ3) is 9.86. The van der Waals surface area contributed by atoms with Crippen molar-refractivity contribution in [3.63, 3.8) is 0 Å². The number of ether oxygens (including phenoxy) is 3. The van der Waals surface area contributed by atoms with Gasteiger partial charge in [-0.2, -0.15) is 0 Å². The molecule has 7 heteroatoms. The minimum Gasteiger partial charge on any atom is -0.493 e. The van der Waals surface area contributed by atoms with Crippen LogP contribution in [0.15, 0.2) is 18.2 Å². The molecule has 0 saturated heterocycles. The first kappa shape index (κ1) is 33.7. The molecule has 0 spiro atoms. The van der Waals surface area contributed by atoms with Crippen LogP contribution in [0.4, 0.5) is 0 Å². The number of rotatable bonds is 18. The molecule has 5 atom stereocenters. The van der Waals surface area contributed by atoms with E-state index in [1.54, 1.807) is 14.2 Å². The number of benzene rings is 1. The van der Waals surface area contributed by atoms with Gasteiger partial charge >= 0.3 is 0 Å². The van der Waals surface area contributed by atoms with Gasteiger partial charge in [0.2, 0.25) is 5.91 Å².